The maximum absolute atomic E-state index is 11.7. The van der Waals surface area contributed by atoms with E-state index in [2.05, 4.69) is 19.9 Å². The second-order valence-electron chi connectivity index (χ2n) is 6.21. The number of carbonyl (C=O) groups is 1. The number of rotatable bonds is 5. The minimum absolute atomic E-state index is 0.136. The number of hydrogen-bond acceptors (Lipinski definition) is 6. The Morgan fingerprint density at radius 2 is 2.31 bits per heavy atom. The van der Waals surface area contributed by atoms with Crippen molar-refractivity contribution in [2.24, 2.45) is 0 Å². The average molecular weight is 352 g/mol. The van der Waals surface area contributed by atoms with E-state index in [1.54, 1.807) is 18.3 Å². The first-order chi connectivity index (χ1) is 12.8. The first kappa shape index (κ1) is 16.7. The number of esters is 1. The topological polar surface area (TPSA) is 78.3 Å². The summed E-state index contributed by atoms with van der Waals surface area (Å²) < 4.78 is 12.7. The van der Waals surface area contributed by atoms with Crippen molar-refractivity contribution in [1.82, 2.24) is 19.9 Å². The first-order valence-corrected chi connectivity index (χ1v) is 8.54. The third kappa shape index (κ3) is 3.18. The van der Waals surface area contributed by atoms with E-state index in [9.17, 15) is 4.79 Å². The molecule has 1 unspecified atom stereocenters. The van der Waals surface area contributed by atoms with Crippen LogP contribution in [0.5, 0.6) is 0 Å². The molecule has 0 amide bonds. The molecule has 7 heteroatoms. The van der Waals surface area contributed by atoms with Gasteiger partial charge in [0, 0.05) is 19.3 Å². The van der Waals surface area contributed by atoms with E-state index in [1.807, 2.05) is 24.3 Å². The normalized spacial score (nSPS) is 16.4. The van der Waals surface area contributed by atoms with E-state index >= 15 is 0 Å². The molecule has 4 rings (SSSR count). The van der Waals surface area contributed by atoms with E-state index in [0.717, 1.165) is 29.1 Å². The minimum Gasteiger partial charge on any atom is -0.465 e. The third-order valence-electron chi connectivity index (χ3n) is 4.50. The highest BCUT2D eigenvalue weighted by Gasteiger charge is 2.24. The highest BCUT2D eigenvalue weighted by atomic mass is 16.5. The van der Waals surface area contributed by atoms with Crippen LogP contribution >= 0.6 is 0 Å². The Kier molecular flexibility index (Phi) is 4.64. The molecule has 0 fully saturated rings. The van der Waals surface area contributed by atoms with Crippen molar-refractivity contribution in [3.05, 3.63) is 59.7 Å². The predicted octanol–water partition coefficient (Wildman–Crippen LogP) is 2.08. The van der Waals surface area contributed by atoms with Crippen LogP contribution in [0.3, 0.4) is 0 Å². The second kappa shape index (κ2) is 7.23. The zero-order valence-corrected chi connectivity index (χ0v) is 14.5. The van der Waals surface area contributed by atoms with Gasteiger partial charge in [-0.05, 0) is 30.3 Å². The SMILES string of the molecule is COC(=O)c1ccc2c(c1)nc1n2C(CNCc2ccccn2)COC1. The van der Waals surface area contributed by atoms with Crippen LogP contribution in [0, 0.1) is 0 Å². The fraction of sp³-hybridized carbons (Fsp3) is 0.316. The molecule has 0 bridgehead atoms. The largest absolute Gasteiger partial charge is 0.465 e. The van der Waals surface area contributed by atoms with Gasteiger partial charge in [-0.1, -0.05) is 6.07 Å². The fourth-order valence-corrected chi connectivity index (χ4v) is 3.28. The number of methoxy groups -OCH3 is 1. The second-order valence-corrected chi connectivity index (χ2v) is 6.21. The monoisotopic (exact) mass is 352 g/mol. The molecule has 0 radical (unpaired) electrons. The van der Waals surface area contributed by atoms with Gasteiger partial charge >= 0.3 is 5.97 Å². The van der Waals surface area contributed by atoms with Crippen molar-refractivity contribution in [1.29, 1.82) is 0 Å². The Bertz CT molecular complexity index is 923. The van der Waals surface area contributed by atoms with Crippen LogP contribution in [0.25, 0.3) is 11.0 Å². The van der Waals surface area contributed by atoms with E-state index in [-0.39, 0.29) is 12.0 Å². The maximum Gasteiger partial charge on any atom is 0.337 e. The molecule has 0 saturated carbocycles. The van der Waals surface area contributed by atoms with Crippen molar-refractivity contribution in [2.75, 3.05) is 20.3 Å². The lowest BCUT2D eigenvalue weighted by molar-refractivity contribution is 0.0563. The van der Waals surface area contributed by atoms with Gasteiger partial charge in [0.25, 0.3) is 0 Å². The number of hydrogen-bond donors (Lipinski definition) is 1. The molecule has 1 aliphatic rings. The molecule has 3 aromatic rings. The van der Waals surface area contributed by atoms with Gasteiger partial charge in [-0.2, -0.15) is 0 Å². The molecule has 1 N–H and O–H groups in total. The molecule has 1 atom stereocenters. The Balaban J connectivity index is 1.55. The molecule has 0 spiro atoms. The standard InChI is InChI=1S/C19H20N4O3/c1-25-19(24)13-5-6-17-16(8-13)22-18-12-26-11-15(23(17)18)10-20-9-14-4-2-3-7-21-14/h2-8,15,20H,9-12H2,1H3. The third-order valence-corrected chi connectivity index (χ3v) is 4.50. The lowest BCUT2D eigenvalue weighted by atomic mass is 10.2. The molecule has 3 heterocycles. The molecule has 26 heavy (non-hydrogen) atoms. The zero-order chi connectivity index (χ0) is 17.9. The lowest BCUT2D eigenvalue weighted by Crippen LogP contribution is -2.32. The summed E-state index contributed by atoms with van der Waals surface area (Å²) >= 11 is 0. The maximum atomic E-state index is 11.7. The summed E-state index contributed by atoms with van der Waals surface area (Å²) in [6.45, 7) is 2.53. The Labute approximate surface area is 151 Å². The van der Waals surface area contributed by atoms with Crippen LogP contribution in [-0.2, 0) is 22.6 Å². The summed E-state index contributed by atoms with van der Waals surface area (Å²) in [4.78, 5) is 20.7. The zero-order valence-electron chi connectivity index (χ0n) is 14.5. The van der Waals surface area contributed by atoms with Gasteiger partial charge in [0.2, 0.25) is 0 Å². The molecule has 1 aromatic carbocycles. The number of nitrogens with one attached hydrogen (secondary N) is 1. The summed E-state index contributed by atoms with van der Waals surface area (Å²) in [5.41, 5.74) is 3.28. The lowest BCUT2D eigenvalue weighted by Gasteiger charge is -2.26. The number of nitrogens with zero attached hydrogens (tertiary/aromatic N) is 3. The molecule has 7 nitrogen and oxygen atoms in total. The van der Waals surface area contributed by atoms with E-state index in [1.165, 1.54) is 7.11 Å². The summed E-state index contributed by atoms with van der Waals surface area (Å²) in [7, 11) is 1.38. The molecule has 0 aliphatic carbocycles. The number of imidazole rings is 1. The van der Waals surface area contributed by atoms with Crippen LogP contribution in [0.15, 0.2) is 42.6 Å². The Morgan fingerprint density at radius 3 is 3.12 bits per heavy atom. The number of benzene rings is 1. The smallest absolute Gasteiger partial charge is 0.337 e. The van der Waals surface area contributed by atoms with Crippen LogP contribution in [0.1, 0.15) is 27.9 Å². The van der Waals surface area contributed by atoms with E-state index in [0.29, 0.717) is 25.3 Å². The molecular weight excluding hydrogens is 332 g/mol. The number of pyridine rings is 1. The van der Waals surface area contributed by atoms with Gasteiger partial charge < -0.3 is 19.4 Å². The predicted molar refractivity (Wildman–Crippen MR) is 95.7 cm³/mol. The molecule has 1 aliphatic heterocycles. The van der Waals surface area contributed by atoms with Crippen molar-refractivity contribution in [3.8, 4) is 0 Å². The fourth-order valence-electron chi connectivity index (χ4n) is 3.28. The molecular formula is C19H20N4O3. The number of carbonyl (C=O) groups excluding carboxylic acids is 1. The first-order valence-electron chi connectivity index (χ1n) is 8.54. The number of aromatic nitrogens is 3. The quantitative estimate of drug-likeness (QED) is 0.709. The minimum atomic E-state index is -0.359. The number of fused-ring (bicyclic) bond motifs is 3. The van der Waals surface area contributed by atoms with Gasteiger partial charge in [0.15, 0.2) is 0 Å². The highest BCUT2D eigenvalue weighted by molar-refractivity contribution is 5.93. The van der Waals surface area contributed by atoms with Crippen molar-refractivity contribution in [3.63, 3.8) is 0 Å². The molecule has 134 valence electrons. The van der Waals surface area contributed by atoms with Crippen molar-refractivity contribution >= 4 is 17.0 Å². The van der Waals surface area contributed by atoms with Crippen molar-refractivity contribution < 1.29 is 14.3 Å². The van der Waals surface area contributed by atoms with E-state index in [4.69, 9.17) is 9.47 Å². The number of ether oxygens (including phenoxy) is 2. The summed E-state index contributed by atoms with van der Waals surface area (Å²) in [6.07, 6.45) is 1.79. The van der Waals surface area contributed by atoms with Gasteiger partial charge in [0.1, 0.15) is 12.4 Å². The van der Waals surface area contributed by atoms with Gasteiger partial charge in [-0.3, -0.25) is 4.98 Å². The summed E-state index contributed by atoms with van der Waals surface area (Å²) in [6, 6.07) is 11.5. The highest BCUT2D eigenvalue weighted by Crippen LogP contribution is 2.26. The summed E-state index contributed by atoms with van der Waals surface area (Å²) in [5.74, 6) is 0.514. The van der Waals surface area contributed by atoms with E-state index < -0.39 is 0 Å². The van der Waals surface area contributed by atoms with Gasteiger partial charge in [0.05, 0.1) is 42.0 Å². The molecule has 0 saturated heterocycles. The van der Waals surface area contributed by atoms with Crippen LogP contribution in [0.2, 0.25) is 0 Å². The van der Waals surface area contributed by atoms with Crippen LogP contribution in [0.4, 0.5) is 0 Å². The van der Waals surface area contributed by atoms with Gasteiger partial charge in [-0.15, -0.1) is 0 Å². The Hall–Kier alpha value is -2.77. The average Bonchev–Trinajstić information content (AvgIpc) is 3.06. The molecule has 2 aromatic heterocycles. The summed E-state index contributed by atoms with van der Waals surface area (Å²) in [5, 5.41) is 3.44. The Morgan fingerprint density at radius 1 is 1.38 bits per heavy atom. The van der Waals surface area contributed by atoms with Crippen molar-refractivity contribution in [2.45, 2.75) is 19.2 Å². The van der Waals surface area contributed by atoms with Gasteiger partial charge in [-0.25, -0.2) is 9.78 Å². The van der Waals surface area contributed by atoms with Crippen LogP contribution in [-0.4, -0.2) is 40.8 Å². The van der Waals surface area contributed by atoms with Crippen LogP contribution < -0.4 is 5.32 Å².